The Hall–Kier alpha value is -1.46. The van der Waals surface area contributed by atoms with Crippen LogP contribution in [-0.4, -0.2) is 18.2 Å². The Morgan fingerprint density at radius 2 is 2.00 bits per heavy atom. The molecule has 5 nitrogen and oxygen atoms in total. The zero-order valence-corrected chi connectivity index (χ0v) is 9.71. The quantitative estimate of drug-likeness (QED) is 0.839. The highest BCUT2D eigenvalue weighted by Crippen LogP contribution is 2.40. The molecule has 2 aliphatic rings. The molecule has 90 valence electrons. The molecular weight excluding hydrogens is 244 g/mol. The van der Waals surface area contributed by atoms with E-state index in [-0.39, 0.29) is 12.7 Å². The van der Waals surface area contributed by atoms with Gasteiger partial charge in [-0.1, -0.05) is 11.6 Å². The molecule has 6 heteroatoms. The molecule has 0 saturated heterocycles. The van der Waals surface area contributed by atoms with Crippen molar-refractivity contribution >= 4 is 23.2 Å². The molecule has 1 amide bonds. The van der Waals surface area contributed by atoms with E-state index in [9.17, 15) is 4.79 Å². The minimum absolute atomic E-state index is 0.171. The zero-order valence-electron chi connectivity index (χ0n) is 8.96. The minimum atomic E-state index is -0.723. The summed E-state index contributed by atoms with van der Waals surface area (Å²) in [6, 6.07) is 3.27. The summed E-state index contributed by atoms with van der Waals surface area (Å²) in [5.74, 6) is 0.951. The summed E-state index contributed by atoms with van der Waals surface area (Å²) in [5, 5.41) is 3.12. The first-order valence-corrected chi connectivity index (χ1v) is 5.66. The molecule has 1 heterocycles. The standard InChI is InChI=1S/C11H11ClN2O3/c12-6-3-8-9(17-5-16-8)4-7(6)14-10(15)11(13)1-2-11/h3-4H,1-2,5,13H2,(H,14,15). The van der Waals surface area contributed by atoms with Crippen molar-refractivity contribution in [3.8, 4) is 11.5 Å². The number of carbonyl (C=O) groups is 1. The van der Waals surface area contributed by atoms with Gasteiger partial charge in [-0.05, 0) is 12.8 Å². The number of nitrogens with one attached hydrogen (secondary N) is 1. The van der Waals surface area contributed by atoms with Crippen LogP contribution >= 0.6 is 11.6 Å². The van der Waals surface area contributed by atoms with Gasteiger partial charge in [0.15, 0.2) is 11.5 Å². The molecule has 0 spiro atoms. The average Bonchev–Trinajstić information content (AvgIpc) is 2.88. The zero-order chi connectivity index (χ0) is 12.0. The predicted molar refractivity (Wildman–Crippen MR) is 62.4 cm³/mol. The molecule has 1 fully saturated rings. The van der Waals surface area contributed by atoms with Crippen molar-refractivity contribution in [1.29, 1.82) is 0 Å². The first kappa shape index (κ1) is 10.7. The van der Waals surface area contributed by atoms with Crippen LogP contribution in [0.1, 0.15) is 12.8 Å². The van der Waals surface area contributed by atoms with Gasteiger partial charge in [0.1, 0.15) is 0 Å². The lowest BCUT2D eigenvalue weighted by Crippen LogP contribution is -2.37. The molecule has 0 aromatic heterocycles. The van der Waals surface area contributed by atoms with Gasteiger partial charge in [-0.25, -0.2) is 0 Å². The number of halogens is 1. The number of anilines is 1. The van der Waals surface area contributed by atoms with Gasteiger partial charge in [0.25, 0.3) is 0 Å². The maximum Gasteiger partial charge on any atom is 0.244 e. The molecule has 0 bridgehead atoms. The second-order valence-corrected chi connectivity index (χ2v) is 4.70. The molecule has 3 N–H and O–H groups in total. The summed E-state index contributed by atoms with van der Waals surface area (Å²) in [7, 11) is 0. The molecular formula is C11H11ClN2O3. The monoisotopic (exact) mass is 254 g/mol. The Kier molecular flexibility index (Phi) is 2.21. The van der Waals surface area contributed by atoms with E-state index >= 15 is 0 Å². The normalized spacial score (nSPS) is 18.9. The van der Waals surface area contributed by atoms with Gasteiger partial charge in [-0.15, -0.1) is 0 Å². The second kappa shape index (κ2) is 3.51. The number of benzene rings is 1. The lowest BCUT2D eigenvalue weighted by molar-refractivity contribution is -0.118. The molecule has 0 atom stereocenters. The molecule has 1 aromatic carbocycles. The van der Waals surface area contributed by atoms with Crippen LogP contribution in [0.25, 0.3) is 0 Å². The van der Waals surface area contributed by atoms with Crippen molar-refractivity contribution in [2.24, 2.45) is 5.73 Å². The summed E-state index contributed by atoms with van der Waals surface area (Å²) >= 11 is 6.03. The summed E-state index contributed by atoms with van der Waals surface area (Å²) in [4.78, 5) is 11.8. The van der Waals surface area contributed by atoms with Crippen molar-refractivity contribution in [3.05, 3.63) is 17.2 Å². The van der Waals surface area contributed by atoms with E-state index in [1.807, 2.05) is 0 Å². The van der Waals surface area contributed by atoms with E-state index in [1.165, 1.54) is 0 Å². The lowest BCUT2D eigenvalue weighted by Gasteiger charge is -2.11. The highest BCUT2D eigenvalue weighted by atomic mass is 35.5. The second-order valence-electron chi connectivity index (χ2n) is 4.30. The van der Waals surface area contributed by atoms with E-state index in [2.05, 4.69) is 5.32 Å². The Bertz CT molecular complexity index is 500. The highest BCUT2D eigenvalue weighted by molar-refractivity contribution is 6.34. The van der Waals surface area contributed by atoms with Gasteiger partial charge in [-0.3, -0.25) is 4.79 Å². The summed E-state index contributed by atoms with van der Waals surface area (Å²) in [6.07, 6.45) is 1.42. The van der Waals surface area contributed by atoms with E-state index in [1.54, 1.807) is 12.1 Å². The number of ether oxygens (including phenoxy) is 2. The van der Waals surface area contributed by atoms with Crippen molar-refractivity contribution in [2.45, 2.75) is 18.4 Å². The Balaban J connectivity index is 1.85. The average molecular weight is 255 g/mol. The molecule has 0 radical (unpaired) electrons. The van der Waals surface area contributed by atoms with Crippen molar-refractivity contribution in [1.82, 2.24) is 0 Å². The minimum Gasteiger partial charge on any atom is -0.454 e. The highest BCUT2D eigenvalue weighted by Gasteiger charge is 2.46. The number of hydrogen-bond acceptors (Lipinski definition) is 4. The molecule has 1 saturated carbocycles. The third kappa shape index (κ3) is 1.81. The van der Waals surface area contributed by atoms with Crippen molar-refractivity contribution in [3.63, 3.8) is 0 Å². The largest absolute Gasteiger partial charge is 0.454 e. The smallest absolute Gasteiger partial charge is 0.244 e. The molecule has 3 rings (SSSR count). The maximum absolute atomic E-state index is 11.8. The molecule has 1 aromatic rings. The van der Waals surface area contributed by atoms with Crippen LogP contribution in [0, 0.1) is 0 Å². The van der Waals surface area contributed by atoms with Gasteiger partial charge in [-0.2, -0.15) is 0 Å². The lowest BCUT2D eigenvalue weighted by atomic mass is 10.2. The number of nitrogens with two attached hydrogens (primary N) is 1. The van der Waals surface area contributed by atoms with Crippen molar-refractivity contribution < 1.29 is 14.3 Å². The molecule has 17 heavy (non-hydrogen) atoms. The van der Waals surface area contributed by atoms with E-state index < -0.39 is 5.54 Å². The first-order chi connectivity index (χ1) is 8.08. The number of fused-ring (bicyclic) bond motifs is 1. The van der Waals surface area contributed by atoms with E-state index in [0.29, 0.717) is 35.1 Å². The van der Waals surface area contributed by atoms with Crippen LogP contribution in [0.5, 0.6) is 11.5 Å². The fourth-order valence-electron chi connectivity index (χ4n) is 1.62. The molecule has 1 aliphatic carbocycles. The Labute approximate surface area is 103 Å². The van der Waals surface area contributed by atoms with E-state index in [0.717, 1.165) is 0 Å². The van der Waals surface area contributed by atoms with Crippen LogP contribution in [-0.2, 0) is 4.79 Å². The fourth-order valence-corrected chi connectivity index (χ4v) is 1.82. The molecule has 1 aliphatic heterocycles. The summed E-state index contributed by atoms with van der Waals surface area (Å²) < 4.78 is 10.4. The van der Waals surface area contributed by atoms with Gasteiger partial charge < -0.3 is 20.5 Å². The van der Waals surface area contributed by atoms with Crippen LogP contribution < -0.4 is 20.5 Å². The number of rotatable bonds is 2. The summed E-state index contributed by atoms with van der Waals surface area (Å²) in [6.45, 7) is 0.171. The fraction of sp³-hybridized carbons (Fsp3) is 0.364. The third-order valence-electron chi connectivity index (χ3n) is 2.95. The maximum atomic E-state index is 11.8. The number of amides is 1. The van der Waals surface area contributed by atoms with Gasteiger partial charge in [0.2, 0.25) is 12.7 Å². The summed E-state index contributed by atoms with van der Waals surface area (Å²) in [5.41, 5.74) is 5.57. The van der Waals surface area contributed by atoms with Crippen LogP contribution in [0.4, 0.5) is 5.69 Å². The van der Waals surface area contributed by atoms with Crippen molar-refractivity contribution in [2.75, 3.05) is 12.1 Å². The third-order valence-corrected chi connectivity index (χ3v) is 3.26. The predicted octanol–water partition coefficient (Wildman–Crippen LogP) is 1.50. The van der Waals surface area contributed by atoms with Crippen LogP contribution in [0.2, 0.25) is 5.02 Å². The topological polar surface area (TPSA) is 73.6 Å². The molecule has 0 unspecified atom stereocenters. The van der Waals surface area contributed by atoms with Crippen LogP contribution in [0.3, 0.4) is 0 Å². The Morgan fingerprint density at radius 1 is 1.35 bits per heavy atom. The van der Waals surface area contributed by atoms with Gasteiger partial charge >= 0.3 is 0 Å². The van der Waals surface area contributed by atoms with E-state index in [4.69, 9.17) is 26.8 Å². The van der Waals surface area contributed by atoms with Crippen LogP contribution in [0.15, 0.2) is 12.1 Å². The number of hydrogen-bond donors (Lipinski definition) is 2. The van der Waals surface area contributed by atoms with Gasteiger partial charge in [0.05, 0.1) is 16.2 Å². The van der Waals surface area contributed by atoms with Gasteiger partial charge in [0, 0.05) is 12.1 Å². The first-order valence-electron chi connectivity index (χ1n) is 5.28. The number of carbonyl (C=O) groups excluding carboxylic acids is 1. The Morgan fingerprint density at radius 3 is 2.65 bits per heavy atom. The SMILES string of the molecule is NC1(C(=O)Nc2cc3c(cc2Cl)OCO3)CC1.